The van der Waals surface area contributed by atoms with Crippen LogP contribution in [0.3, 0.4) is 0 Å². The molecule has 2 aromatic rings. The van der Waals surface area contributed by atoms with Crippen molar-refractivity contribution in [3.63, 3.8) is 0 Å². The summed E-state index contributed by atoms with van der Waals surface area (Å²) in [5.74, 6) is -0.0666. The number of rotatable bonds is 4. The highest BCUT2D eigenvalue weighted by atomic mass is 79.9. The number of hydrogen-bond acceptors (Lipinski definition) is 2. The number of hydrogen-bond donors (Lipinski definition) is 1. The molecule has 100 valence electrons. The van der Waals surface area contributed by atoms with Gasteiger partial charge in [-0.15, -0.1) is 0 Å². The molecule has 0 saturated carbocycles. The first-order valence-electron chi connectivity index (χ1n) is 5.46. The predicted octanol–water partition coefficient (Wildman–Crippen LogP) is 4.04. The summed E-state index contributed by atoms with van der Waals surface area (Å²) in [5.41, 5.74) is 1.21. The third kappa shape index (κ3) is 4.23. The highest BCUT2D eigenvalue weighted by Crippen LogP contribution is 2.27. The Morgan fingerprint density at radius 1 is 1.11 bits per heavy atom. The van der Waals surface area contributed by atoms with Crippen LogP contribution in [0.5, 0.6) is 0 Å². The molecule has 6 heteroatoms. The molecule has 0 aromatic heterocycles. The minimum absolute atomic E-state index is 0.0666. The van der Waals surface area contributed by atoms with Gasteiger partial charge in [0.15, 0.2) is 0 Å². The molecule has 0 aliphatic carbocycles. The molecule has 0 amide bonds. The molecular weight excluding hydrogens is 350 g/mol. The van der Waals surface area contributed by atoms with Crippen molar-refractivity contribution in [3.8, 4) is 0 Å². The van der Waals surface area contributed by atoms with Crippen LogP contribution in [-0.2, 0) is 15.8 Å². The van der Waals surface area contributed by atoms with Crippen LogP contribution in [0.4, 0.5) is 5.69 Å². The molecule has 0 saturated heterocycles. The summed E-state index contributed by atoms with van der Waals surface area (Å²) >= 11 is 9.08. The average Bonchev–Trinajstić information content (AvgIpc) is 2.33. The molecule has 0 spiro atoms. The zero-order valence-corrected chi connectivity index (χ0v) is 13.0. The van der Waals surface area contributed by atoms with Crippen LogP contribution >= 0.6 is 27.5 Å². The highest BCUT2D eigenvalue weighted by Gasteiger charge is 2.13. The molecule has 0 aliphatic rings. The van der Waals surface area contributed by atoms with Crippen molar-refractivity contribution >= 4 is 43.2 Å². The van der Waals surface area contributed by atoms with Crippen molar-refractivity contribution < 1.29 is 8.42 Å². The monoisotopic (exact) mass is 359 g/mol. The van der Waals surface area contributed by atoms with E-state index in [1.165, 1.54) is 0 Å². The van der Waals surface area contributed by atoms with E-state index in [9.17, 15) is 8.42 Å². The SMILES string of the molecule is O=S(=O)(Cc1ccccc1)Nc1ccc(Cl)cc1Br. The van der Waals surface area contributed by atoms with Crippen LogP contribution in [0, 0.1) is 0 Å². The van der Waals surface area contributed by atoms with Crippen LogP contribution in [0.2, 0.25) is 5.02 Å². The number of sulfonamides is 1. The van der Waals surface area contributed by atoms with Gasteiger partial charge in [0.2, 0.25) is 10.0 Å². The molecule has 0 heterocycles. The third-order valence-electron chi connectivity index (χ3n) is 2.40. The number of benzene rings is 2. The Kier molecular flexibility index (Phi) is 4.50. The predicted molar refractivity (Wildman–Crippen MR) is 81.8 cm³/mol. The lowest BCUT2D eigenvalue weighted by atomic mass is 10.2. The molecule has 0 fully saturated rings. The van der Waals surface area contributed by atoms with Gasteiger partial charge in [-0.3, -0.25) is 4.72 Å². The first-order chi connectivity index (χ1) is 8.96. The van der Waals surface area contributed by atoms with E-state index in [1.807, 2.05) is 18.2 Å². The fourth-order valence-corrected chi connectivity index (χ4v) is 3.70. The van der Waals surface area contributed by atoms with E-state index >= 15 is 0 Å². The van der Waals surface area contributed by atoms with Gasteiger partial charge in [0.25, 0.3) is 0 Å². The summed E-state index contributed by atoms with van der Waals surface area (Å²) in [4.78, 5) is 0. The van der Waals surface area contributed by atoms with E-state index in [4.69, 9.17) is 11.6 Å². The lowest BCUT2D eigenvalue weighted by Crippen LogP contribution is -2.15. The molecular formula is C13H11BrClNO2S. The minimum Gasteiger partial charge on any atom is -0.282 e. The second kappa shape index (κ2) is 5.94. The molecule has 3 nitrogen and oxygen atoms in total. The van der Waals surface area contributed by atoms with Gasteiger partial charge in [-0.2, -0.15) is 0 Å². The summed E-state index contributed by atoms with van der Waals surface area (Å²) in [6.45, 7) is 0. The van der Waals surface area contributed by atoms with Crippen molar-refractivity contribution in [1.29, 1.82) is 0 Å². The second-order valence-electron chi connectivity index (χ2n) is 3.97. The summed E-state index contributed by atoms with van der Waals surface area (Å²) in [6, 6.07) is 13.9. The van der Waals surface area contributed by atoms with Crippen molar-refractivity contribution in [2.24, 2.45) is 0 Å². The van der Waals surface area contributed by atoms with E-state index in [0.717, 1.165) is 5.56 Å². The lowest BCUT2D eigenvalue weighted by Gasteiger charge is -2.10. The topological polar surface area (TPSA) is 46.2 Å². The Hall–Kier alpha value is -1.04. The zero-order valence-electron chi connectivity index (χ0n) is 9.81. The van der Waals surface area contributed by atoms with Crippen molar-refractivity contribution in [2.75, 3.05) is 4.72 Å². The standard InChI is InChI=1S/C13H11BrClNO2S/c14-12-8-11(15)6-7-13(12)16-19(17,18)9-10-4-2-1-3-5-10/h1-8,16H,9H2. The van der Waals surface area contributed by atoms with Crippen molar-refractivity contribution in [1.82, 2.24) is 0 Å². The maximum atomic E-state index is 12.0. The van der Waals surface area contributed by atoms with E-state index in [2.05, 4.69) is 20.7 Å². The van der Waals surface area contributed by atoms with Crippen LogP contribution in [0.25, 0.3) is 0 Å². The van der Waals surface area contributed by atoms with Crippen LogP contribution < -0.4 is 4.72 Å². The number of halogens is 2. The average molecular weight is 361 g/mol. The molecule has 0 radical (unpaired) electrons. The van der Waals surface area contributed by atoms with E-state index in [1.54, 1.807) is 30.3 Å². The van der Waals surface area contributed by atoms with E-state index < -0.39 is 10.0 Å². The van der Waals surface area contributed by atoms with Gasteiger partial charge in [0.05, 0.1) is 11.4 Å². The third-order valence-corrected chi connectivity index (χ3v) is 4.53. The van der Waals surface area contributed by atoms with Gasteiger partial charge in [-0.1, -0.05) is 41.9 Å². The normalized spacial score (nSPS) is 11.3. The Balaban J connectivity index is 2.17. The van der Waals surface area contributed by atoms with Crippen LogP contribution in [0.15, 0.2) is 53.0 Å². The molecule has 1 N–H and O–H groups in total. The maximum absolute atomic E-state index is 12.0. The first-order valence-corrected chi connectivity index (χ1v) is 8.28. The molecule has 2 aromatic carbocycles. The van der Waals surface area contributed by atoms with E-state index in [0.29, 0.717) is 15.2 Å². The Bertz CT molecular complexity index is 674. The largest absolute Gasteiger partial charge is 0.282 e. The quantitative estimate of drug-likeness (QED) is 0.894. The summed E-state index contributed by atoms with van der Waals surface area (Å²) in [7, 11) is -3.45. The smallest absolute Gasteiger partial charge is 0.236 e. The molecule has 0 aliphatic heterocycles. The molecule has 0 unspecified atom stereocenters. The Morgan fingerprint density at radius 2 is 1.79 bits per heavy atom. The zero-order chi connectivity index (χ0) is 13.9. The minimum atomic E-state index is -3.45. The summed E-state index contributed by atoms with van der Waals surface area (Å²) < 4.78 is 27.2. The molecule has 0 atom stereocenters. The van der Waals surface area contributed by atoms with Gasteiger partial charge >= 0.3 is 0 Å². The summed E-state index contributed by atoms with van der Waals surface area (Å²) in [5, 5.41) is 0.540. The Labute approximate surface area is 125 Å². The second-order valence-corrected chi connectivity index (χ2v) is 6.98. The molecule has 19 heavy (non-hydrogen) atoms. The van der Waals surface area contributed by atoms with Gasteiger partial charge in [-0.05, 0) is 39.7 Å². The maximum Gasteiger partial charge on any atom is 0.236 e. The van der Waals surface area contributed by atoms with Gasteiger partial charge in [-0.25, -0.2) is 8.42 Å². The van der Waals surface area contributed by atoms with Gasteiger partial charge in [0, 0.05) is 9.50 Å². The Morgan fingerprint density at radius 3 is 2.42 bits per heavy atom. The summed E-state index contributed by atoms with van der Waals surface area (Å²) in [6.07, 6.45) is 0. The van der Waals surface area contributed by atoms with Gasteiger partial charge < -0.3 is 0 Å². The number of anilines is 1. The first kappa shape index (κ1) is 14.4. The fraction of sp³-hybridized carbons (Fsp3) is 0.0769. The van der Waals surface area contributed by atoms with Crippen LogP contribution in [0.1, 0.15) is 5.56 Å². The molecule has 0 bridgehead atoms. The van der Waals surface area contributed by atoms with E-state index in [-0.39, 0.29) is 5.75 Å². The molecule has 2 rings (SSSR count). The number of nitrogens with one attached hydrogen (secondary N) is 1. The van der Waals surface area contributed by atoms with Crippen molar-refractivity contribution in [2.45, 2.75) is 5.75 Å². The van der Waals surface area contributed by atoms with Crippen molar-refractivity contribution in [3.05, 3.63) is 63.6 Å². The van der Waals surface area contributed by atoms with Gasteiger partial charge in [0.1, 0.15) is 0 Å². The fourth-order valence-electron chi connectivity index (χ4n) is 1.57. The lowest BCUT2D eigenvalue weighted by molar-refractivity contribution is 0.600. The highest BCUT2D eigenvalue weighted by molar-refractivity contribution is 9.10. The van der Waals surface area contributed by atoms with Crippen LogP contribution in [-0.4, -0.2) is 8.42 Å².